The monoisotopic (exact) mass is 378 g/mol. The average molecular weight is 378 g/mol. The van der Waals surface area contributed by atoms with Crippen LogP contribution in [0, 0.1) is 0 Å². The van der Waals surface area contributed by atoms with Crippen LogP contribution in [-0.2, 0) is 14.8 Å². The number of hydrogen-bond acceptors (Lipinski definition) is 7. The van der Waals surface area contributed by atoms with E-state index in [-0.39, 0.29) is 17.5 Å². The predicted octanol–water partition coefficient (Wildman–Crippen LogP) is 1.50. The van der Waals surface area contributed by atoms with Crippen LogP contribution in [0.5, 0.6) is 5.88 Å². The highest BCUT2D eigenvalue weighted by Gasteiger charge is 2.33. The number of nitrogens with one attached hydrogen (secondary N) is 1. The molecule has 1 N–H and O–H groups in total. The van der Waals surface area contributed by atoms with Gasteiger partial charge in [-0.25, -0.2) is 13.2 Å². The number of aromatic nitrogens is 2. The molecule has 3 rings (SSSR count). The molecule has 0 radical (unpaired) electrons. The third kappa shape index (κ3) is 4.09. The maximum atomic E-state index is 12.8. The van der Waals surface area contributed by atoms with E-state index in [0.29, 0.717) is 24.5 Å². The largest absolute Gasteiger partial charge is 0.472 e. The summed E-state index contributed by atoms with van der Waals surface area (Å²) in [6.07, 6.45) is 1.21. The minimum Gasteiger partial charge on any atom is -0.472 e. The molecule has 1 unspecified atom stereocenters. The van der Waals surface area contributed by atoms with Gasteiger partial charge in [0, 0.05) is 24.5 Å². The number of nitrogens with zero attached hydrogens (tertiary/aromatic N) is 3. The number of benzene rings is 1. The minimum absolute atomic E-state index is 0.146. The van der Waals surface area contributed by atoms with Crippen molar-refractivity contribution in [2.24, 2.45) is 0 Å². The first kappa shape index (κ1) is 18.1. The molecule has 1 aromatic heterocycles. The van der Waals surface area contributed by atoms with Gasteiger partial charge in [0.1, 0.15) is 6.10 Å². The van der Waals surface area contributed by atoms with E-state index >= 15 is 0 Å². The summed E-state index contributed by atoms with van der Waals surface area (Å²) in [5.74, 6) is 0.370. The summed E-state index contributed by atoms with van der Waals surface area (Å²) < 4.78 is 37.0. The fraction of sp³-hybridized carbons (Fsp3) is 0.312. The second-order valence-electron chi connectivity index (χ2n) is 5.59. The second kappa shape index (κ2) is 7.67. The maximum absolute atomic E-state index is 12.8. The van der Waals surface area contributed by atoms with Gasteiger partial charge in [-0.15, -0.1) is 5.10 Å². The highest BCUT2D eigenvalue weighted by atomic mass is 32.2. The summed E-state index contributed by atoms with van der Waals surface area (Å²) in [6, 6.07) is 9.28. The lowest BCUT2D eigenvalue weighted by atomic mass is 10.3. The lowest BCUT2D eigenvalue weighted by molar-refractivity contribution is 0.187. The number of hydrogen-bond donors (Lipinski definition) is 1. The van der Waals surface area contributed by atoms with Gasteiger partial charge in [-0.2, -0.15) is 9.40 Å². The van der Waals surface area contributed by atoms with Gasteiger partial charge in [-0.3, -0.25) is 5.32 Å². The Hall–Kier alpha value is -2.72. The molecule has 1 amide bonds. The van der Waals surface area contributed by atoms with Crippen LogP contribution >= 0.6 is 0 Å². The molecule has 9 nitrogen and oxygen atoms in total. The van der Waals surface area contributed by atoms with Crippen LogP contribution < -0.4 is 10.1 Å². The fourth-order valence-corrected chi connectivity index (χ4v) is 4.05. The molecule has 0 aliphatic carbocycles. The van der Waals surface area contributed by atoms with E-state index in [1.165, 1.54) is 41.9 Å². The van der Waals surface area contributed by atoms with Crippen LogP contribution in [0.15, 0.2) is 47.5 Å². The SMILES string of the molecule is COC(=O)Nc1ccc(S(=O)(=O)N2CCC(Oc3cccnn3)C2)cc1. The smallest absolute Gasteiger partial charge is 0.411 e. The van der Waals surface area contributed by atoms with Crippen molar-refractivity contribution in [1.82, 2.24) is 14.5 Å². The Kier molecular flexibility index (Phi) is 5.33. The minimum atomic E-state index is -3.64. The van der Waals surface area contributed by atoms with E-state index < -0.39 is 16.1 Å². The zero-order chi connectivity index (χ0) is 18.6. The number of carbonyl (C=O) groups is 1. The van der Waals surface area contributed by atoms with Gasteiger partial charge in [-0.1, -0.05) is 0 Å². The van der Waals surface area contributed by atoms with Gasteiger partial charge >= 0.3 is 6.09 Å². The Bertz CT molecular complexity index is 858. The van der Waals surface area contributed by atoms with Crippen molar-refractivity contribution in [3.63, 3.8) is 0 Å². The van der Waals surface area contributed by atoms with Crippen molar-refractivity contribution in [3.05, 3.63) is 42.6 Å². The van der Waals surface area contributed by atoms with Gasteiger partial charge in [0.25, 0.3) is 0 Å². The molecule has 138 valence electrons. The highest BCUT2D eigenvalue weighted by molar-refractivity contribution is 7.89. The number of methoxy groups -OCH3 is 1. The molecule has 1 aromatic carbocycles. The molecule has 2 aromatic rings. The van der Waals surface area contributed by atoms with Gasteiger partial charge < -0.3 is 9.47 Å². The van der Waals surface area contributed by atoms with E-state index in [1.807, 2.05) is 0 Å². The van der Waals surface area contributed by atoms with Crippen molar-refractivity contribution in [2.45, 2.75) is 17.4 Å². The molecule has 0 bridgehead atoms. The third-order valence-electron chi connectivity index (χ3n) is 3.87. The van der Waals surface area contributed by atoms with Crippen molar-refractivity contribution in [1.29, 1.82) is 0 Å². The number of ether oxygens (including phenoxy) is 2. The van der Waals surface area contributed by atoms with Crippen molar-refractivity contribution in [3.8, 4) is 5.88 Å². The Labute approximate surface area is 151 Å². The van der Waals surface area contributed by atoms with Crippen molar-refractivity contribution in [2.75, 3.05) is 25.5 Å². The second-order valence-corrected chi connectivity index (χ2v) is 7.53. The summed E-state index contributed by atoms with van der Waals surface area (Å²) in [7, 11) is -2.39. The van der Waals surface area contributed by atoms with Crippen LogP contribution in [0.3, 0.4) is 0 Å². The van der Waals surface area contributed by atoms with E-state index in [4.69, 9.17) is 4.74 Å². The standard InChI is InChI=1S/C16H18N4O5S/c1-24-16(21)18-12-4-6-14(7-5-12)26(22,23)20-10-8-13(11-20)25-15-3-2-9-17-19-15/h2-7,9,13H,8,10-11H2,1H3,(H,18,21). The first-order valence-corrected chi connectivity index (χ1v) is 9.32. The summed E-state index contributed by atoms with van der Waals surface area (Å²) in [5.41, 5.74) is 0.445. The quantitative estimate of drug-likeness (QED) is 0.839. The molecule has 10 heteroatoms. The van der Waals surface area contributed by atoms with Crippen LogP contribution in [0.4, 0.5) is 10.5 Å². The molecule has 2 heterocycles. The summed E-state index contributed by atoms with van der Waals surface area (Å²) in [4.78, 5) is 11.3. The molecular weight excluding hydrogens is 360 g/mol. The summed E-state index contributed by atoms with van der Waals surface area (Å²) in [6.45, 7) is 0.594. The molecule has 26 heavy (non-hydrogen) atoms. The molecule has 0 spiro atoms. The van der Waals surface area contributed by atoms with Crippen molar-refractivity contribution >= 4 is 21.8 Å². The van der Waals surface area contributed by atoms with Gasteiger partial charge in [0.15, 0.2) is 0 Å². The topological polar surface area (TPSA) is 111 Å². The highest BCUT2D eigenvalue weighted by Crippen LogP contribution is 2.24. The molecule has 1 aliphatic rings. The van der Waals surface area contributed by atoms with Crippen LogP contribution in [0.25, 0.3) is 0 Å². The average Bonchev–Trinajstić information content (AvgIpc) is 3.12. The number of carbonyl (C=O) groups excluding carboxylic acids is 1. The Morgan fingerprint density at radius 3 is 2.69 bits per heavy atom. The third-order valence-corrected chi connectivity index (χ3v) is 5.75. The van der Waals surface area contributed by atoms with Crippen LogP contribution in [0.1, 0.15) is 6.42 Å². The van der Waals surface area contributed by atoms with Gasteiger partial charge in [0.2, 0.25) is 15.9 Å². The normalized spacial score (nSPS) is 17.7. The number of amides is 1. The van der Waals surface area contributed by atoms with E-state index in [1.54, 1.807) is 12.1 Å². The van der Waals surface area contributed by atoms with Crippen LogP contribution in [-0.4, -0.2) is 55.3 Å². The number of anilines is 1. The Balaban J connectivity index is 1.66. The first-order valence-electron chi connectivity index (χ1n) is 7.88. The molecule has 1 aliphatic heterocycles. The molecule has 1 atom stereocenters. The maximum Gasteiger partial charge on any atom is 0.411 e. The zero-order valence-corrected chi connectivity index (χ0v) is 14.8. The molecule has 1 saturated heterocycles. The number of sulfonamides is 1. The predicted molar refractivity (Wildman–Crippen MR) is 92.3 cm³/mol. The first-order chi connectivity index (χ1) is 12.5. The molecule has 0 saturated carbocycles. The van der Waals surface area contributed by atoms with E-state index in [2.05, 4.69) is 20.3 Å². The van der Waals surface area contributed by atoms with Crippen molar-refractivity contribution < 1.29 is 22.7 Å². The Morgan fingerprint density at radius 1 is 1.27 bits per heavy atom. The molecule has 1 fully saturated rings. The van der Waals surface area contributed by atoms with Gasteiger partial charge in [-0.05, 0) is 36.8 Å². The molecular formula is C16H18N4O5S. The lowest BCUT2D eigenvalue weighted by Crippen LogP contribution is -2.31. The number of rotatable bonds is 5. The van der Waals surface area contributed by atoms with Gasteiger partial charge in [0.05, 0.1) is 18.6 Å². The van der Waals surface area contributed by atoms with E-state index in [9.17, 15) is 13.2 Å². The lowest BCUT2D eigenvalue weighted by Gasteiger charge is -2.17. The summed E-state index contributed by atoms with van der Waals surface area (Å²) >= 11 is 0. The zero-order valence-electron chi connectivity index (χ0n) is 14.0. The van der Waals surface area contributed by atoms with E-state index in [0.717, 1.165) is 0 Å². The van der Waals surface area contributed by atoms with Crippen LogP contribution in [0.2, 0.25) is 0 Å². The summed E-state index contributed by atoms with van der Waals surface area (Å²) in [5, 5.41) is 10.0. The Morgan fingerprint density at radius 2 is 2.04 bits per heavy atom. The fourth-order valence-electron chi connectivity index (χ4n) is 2.56.